The summed E-state index contributed by atoms with van der Waals surface area (Å²) in [5.74, 6) is 1.90. The van der Waals surface area contributed by atoms with E-state index in [2.05, 4.69) is 24.0 Å². The molecule has 18 heavy (non-hydrogen) atoms. The maximum absolute atomic E-state index is 5.78. The first-order valence-corrected chi connectivity index (χ1v) is 6.56. The third-order valence-electron chi connectivity index (χ3n) is 3.43. The van der Waals surface area contributed by atoms with E-state index in [1.807, 2.05) is 13.8 Å². The van der Waals surface area contributed by atoms with Crippen LogP contribution in [0.15, 0.2) is 4.52 Å². The van der Waals surface area contributed by atoms with Crippen molar-refractivity contribution in [2.75, 3.05) is 13.7 Å². The maximum Gasteiger partial charge on any atom is 0.231 e. The summed E-state index contributed by atoms with van der Waals surface area (Å²) in [6.45, 7) is 8.84. The third-order valence-corrected chi connectivity index (χ3v) is 3.43. The number of hydrogen-bond acceptors (Lipinski definition) is 5. The predicted molar refractivity (Wildman–Crippen MR) is 70.2 cm³/mol. The second-order valence-electron chi connectivity index (χ2n) is 5.31. The summed E-state index contributed by atoms with van der Waals surface area (Å²) in [6, 6.07) is 0. The van der Waals surface area contributed by atoms with Crippen LogP contribution >= 0.6 is 0 Å². The van der Waals surface area contributed by atoms with Gasteiger partial charge in [-0.05, 0) is 25.7 Å². The molecule has 2 atom stereocenters. The molecule has 5 nitrogen and oxygen atoms in total. The third kappa shape index (κ3) is 3.29. The molecule has 2 N–H and O–H groups in total. The van der Waals surface area contributed by atoms with Gasteiger partial charge in [0.2, 0.25) is 11.7 Å². The Kier molecular flexibility index (Phi) is 5.28. The van der Waals surface area contributed by atoms with E-state index in [9.17, 15) is 0 Å². The number of methoxy groups -OCH3 is 1. The first-order chi connectivity index (χ1) is 8.46. The van der Waals surface area contributed by atoms with Crippen molar-refractivity contribution >= 4 is 0 Å². The highest BCUT2D eigenvalue weighted by atomic mass is 16.5. The molecule has 1 aromatic heterocycles. The van der Waals surface area contributed by atoms with Gasteiger partial charge in [0, 0.05) is 13.7 Å². The Hall–Kier alpha value is -0.940. The molecule has 0 radical (unpaired) electrons. The molecule has 0 aliphatic carbocycles. The van der Waals surface area contributed by atoms with E-state index in [-0.39, 0.29) is 5.92 Å². The average molecular weight is 255 g/mol. The molecule has 5 heteroatoms. The van der Waals surface area contributed by atoms with E-state index in [0.717, 1.165) is 12.8 Å². The first kappa shape index (κ1) is 15.1. The van der Waals surface area contributed by atoms with Crippen molar-refractivity contribution in [3.05, 3.63) is 11.7 Å². The summed E-state index contributed by atoms with van der Waals surface area (Å²) in [6.07, 6.45) is 1.74. The van der Waals surface area contributed by atoms with Crippen molar-refractivity contribution in [2.45, 2.75) is 52.1 Å². The van der Waals surface area contributed by atoms with Gasteiger partial charge in [0.05, 0.1) is 5.92 Å². The minimum absolute atomic E-state index is 0.129. The van der Waals surface area contributed by atoms with Crippen LogP contribution in [0.2, 0.25) is 0 Å². The van der Waals surface area contributed by atoms with Gasteiger partial charge in [-0.3, -0.25) is 0 Å². The molecule has 0 spiro atoms. The minimum atomic E-state index is -0.487. The van der Waals surface area contributed by atoms with Crippen LogP contribution in [-0.4, -0.2) is 23.8 Å². The number of nitrogens with zero attached hydrogens (tertiary/aromatic N) is 2. The Morgan fingerprint density at radius 1 is 1.44 bits per heavy atom. The van der Waals surface area contributed by atoms with Gasteiger partial charge < -0.3 is 15.0 Å². The molecule has 1 rings (SSSR count). The Morgan fingerprint density at radius 2 is 2.11 bits per heavy atom. The zero-order valence-corrected chi connectivity index (χ0v) is 12.1. The highest BCUT2D eigenvalue weighted by molar-refractivity contribution is 5.02. The smallest absolute Gasteiger partial charge is 0.231 e. The van der Waals surface area contributed by atoms with Crippen LogP contribution in [0.3, 0.4) is 0 Å². The first-order valence-electron chi connectivity index (χ1n) is 6.56. The molecule has 0 saturated carbocycles. The summed E-state index contributed by atoms with van der Waals surface area (Å²) in [5.41, 5.74) is 5.29. The van der Waals surface area contributed by atoms with E-state index in [4.69, 9.17) is 15.0 Å². The van der Waals surface area contributed by atoms with E-state index < -0.39 is 5.60 Å². The molecule has 0 aliphatic rings. The van der Waals surface area contributed by atoms with Gasteiger partial charge in [-0.1, -0.05) is 25.9 Å². The van der Waals surface area contributed by atoms with Gasteiger partial charge in [-0.15, -0.1) is 0 Å². The fourth-order valence-electron chi connectivity index (χ4n) is 1.88. The predicted octanol–water partition coefficient (Wildman–Crippen LogP) is 2.43. The molecule has 0 aromatic carbocycles. The van der Waals surface area contributed by atoms with Crippen LogP contribution in [0.1, 0.15) is 58.2 Å². The van der Waals surface area contributed by atoms with Crippen LogP contribution < -0.4 is 5.73 Å². The van der Waals surface area contributed by atoms with Gasteiger partial charge in [-0.25, -0.2) is 0 Å². The monoisotopic (exact) mass is 255 g/mol. The Labute approximate surface area is 109 Å². The Balaban J connectivity index is 2.90. The molecule has 0 bridgehead atoms. The lowest BCUT2D eigenvalue weighted by atomic mass is 9.97. The van der Waals surface area contributed by atoms with Crippen molar-refractivity contribution in [2.24, 2.45) is 11.7 Å². The van der Waals surface area contributed by atoms with E-state index in [1.165, 1.54) is 0 Å². The summed E-state index contributed by atoms with van der Waals surface area (Å²) < 4.78 is 10.8. The van der Waals surface area contributed by atoms with Gasteiger partial charge >= 0.3 is 0 Å². The van der Waals surface area contributed by atoms with Crippen molar-refractivity contribution in [3.8, 4) is 0 Å². The highest BCUT2D eigenvalue weighted by Gasteiger charge is 2.31. The summed E-state index contributed by atoms with van der Waals surface area (Å²) in [5, 5.41) is 4.04. The largest absolute Gasteiger partial charge is 0.370 e. The SMILES string of the molecule is CCC(C)(OC)c1noc(C(CN)CC(C)C)n1. The van der Waals surface area contributed by atoms with E-state index in [0.29, 0.717) is 24.2 Å². The molecular formula is C13H25N3O2. The molecular weight excluding hydrogens is 230 g/mol. The maximum atomic E-state index is 5.78. The number of aromatic nitrogens is 2. The van der Waals surface area contributed by atoms with Crippen LogP contribution in [0.4, 0.5) is 0 Å². The van der Waals surface area contributed by atoms with E-state index >= 15 is 0 Å². The summed E-state index contributed by atoms with van der Waals surface area (Å²) in [7, 11) is 1.66. The fraction of sp³-hybridized carbons (Fsp3) is 0.846. The molecule has 0 aliphatic heterocycles. The van der Waals surface area contributed by atoms with Gasteiger partial charge in [0.25, 0.3) is 0 Å². The molecule has 104 valence electrons. The lowest BCUT2D eigenvalue weighted by Gasteiger charge is -2.22. The molecule has 0 amide bonds. The lowest BCUT2D eigenvalue weighted by molar-refractivity contribution is -0.0106. The molecule has 0 fully saturated rings. The van der Waals surface area contributed by atoms with Crippen LogP contribution in [0.25, 0.3) is 0 Å². The summed E-state index contributed by atoms with van der Waals surface area (Å²) >= 11 is 0. The standard InChI is InChI=1S/C13H25N3O2/c1-6-13(4,17-5)12-15-11(18-16-12)10(8-14)7-9(2)3/h9-10H,6-8,14H2,1-5H3. The number of ether oxygens (including phenoxy) is 1. The highest BCUT2D eigenvalue weighted by Crippen LogP contribution is 2.28. The Morgan fingerprint density at radius 3 is 2.56 bits per heavy atom. The molecule has 1 heterocycles. The van der Waals surface area contributed by atoms with Crippen LogP contribution in [0.5, 0.6) is 0 Å². The fourth-order valence-corrected chi connectivity index (χ4v) is 1.88. The quantitative estimate of drug-likeness (QED) is 0.810. The van der Waals surface area contributed by atoms with Gasteiger partial charge in [0.15, 0.2) is 0 Å². The lowest BCUT2D eigenvalue weighted by Crippen LogP contribution is -2.25. The topological polar surface area (TPSA) is 74.2 Å². The van der Waals surface area contributed by atoms with Crippen molar-refractivity contribution in [3.63, 3.8) is 0 Å². The van der Waals surface area contributed by atoms with Crippen LogP contribution in [-0.2, 0) is 10.3 Å². The molecule has 1 aromatic rings. The number of rotatable bonds is 7. The van der Waals surface area contributed by atoms with Crippen molar-refractivity contribution < 1.29 is 9.26 Å². The van der Waals surface area contributed by atoms with Gasteiger partial charge in [0.1, 0.15) is 5.60 Å². The van der Waals surface area contributed by atoms with Crippen molar-refractivity contribution in [1.82, 2.24) is 10.1 Å². The number of nitrogens with two attached hydrogens (primary N) is 1. The average Bonchev–Trinajstić information content (AvgIpc) is 2.84. The van der Waals surface area contributed by atoms with Crippen molar-refractivity contribution in [1.29, 1.82) is 0 Å². The Bertz CT molecular complexity index is 359. The second-order valence-corrected chi connectivity index (χ2v) is 5.31. The zero-order chi connectivity index (χ0) is 13.8. The molecule has 2 unspecified atom stereocenters. The zero-order valence-electron chi connectivity index (χ0n) is 12.1. The van der Waals surface area contributed by atoms with Crippen LogP contribution in [0, 0.1) is 5.92 Å². The van der Waals surface area contributed by atoms with Gasteiger partial charge in [-0.2, -0.15) is 4.98 Å². The van der Waals surface area contributed by atoms with E-state index in [1.54, 1.807) is 7.11 Å². The normalized spacial score (nSPS) is 16.8. The molecule has 0 saturated heterocycles. The minimum Gasteiger partial charge on any atom is -0.370 e. The summed E-state index contributed by atoms with van der Waals surface area (Å²) in [4.78, 5) is 4.47. The second kappa shape index (κ2) is 6.29. The number of hydrogen-bond donors (Lipinski definition) is 1.